The summed E-state index contributed by atoms with van der Waals surface area (Å²) in [5, 5.41) is 16.6. The van der Waals surface area contributed by atoms with Gasteiger partial charge in [-0.1, -0.05) is 0 Å². The van der Waals surface area contributed by atoms with E-state index in [0.717, 1.165) is 0 Å². The van der Waals surface area contributed by atoms with Crippen molar-refractivity contribution in [3.63, 3.8) is 0 Å². The van der Waals surface area contributed by atoms with Gasteiger partial charge in [0.15, 0.2) is 11.6 Å². The van der Waals surface area contributed by atoms with E-state index >= 15 is 0 Å². The molecule has 0 fully saturated rings. The molecule has 1 aromatic carbocycles. The monoisotopic (exact) mass is 434 g/mol. The molecule has 0 aliphatic carbocycles. The number of aromatic nitrogens is 3. The van der Waals surface area contributed by atoms with Gasteiger partial charge in [0.1, 0.15) is 23.7 Å². The number of fused-ring (bicyclic) bond motifs is 5. The number of hydrogen-bond acceptors (Lipinski definition) is 6. The molecule has 0 saturated carbocycles. The summed E-state index contributed by atoms with van der Waals surface area (Å²) in [4.78, 5) is 30.0. The van der Waals surface area contributed by atoms with Crippen LogP contribution in [0.15, 0.2) is 30.5 Å². The Hall–Kier alpha value is -4.26. The van der Waals surface area contributed by atoms with Crippen LogP contribution in [0.2, 0.25) is 0 Å². The first kappa shape index (κ1) is 21.0. The maximum atomic E-state index is 14.1. The number of nitriles is 1. The first-order valence-electron chi connectivity index (χ1n) is 9.72. The molecule has 10 heteroatoms. The summed E-state index contributed by atoms with van der Waals surface area (Å²) in [6.07, 6.45) is 1.21. The van der Waals surface area contributed by atoms with Crippen LogP contribution in [-0.4, -0.2) is 39.0 Å². The zero-order chi connectivity index (χ0) is 23.0. The molecule has 2 amide bonds. The number of hydrogen-bond donors (Lipinski definition) is 1. The van der Waals surface area contributed by atoms with Crippen molar-refractivity contribution < 1.29 is 18.7 Å². The third kappa shape index (κ3) is 3.54. The van der Waals surface area contributed by atoms with Crippen LogP contribution in [0.4, 0.5) is 10.2 Å². The highest BCUT2D eigenvalue weighted by Gasteiger charge is 2.27. The molecule has 32 heavy (non-hydrogen) atoms. The molecule has 2 aromatic heterocycles. The van der Waals surface area contributed by atoms with Crippen LogP contribution >= 0.6 is 0 Å². The summed E-state index contributed by atoms with van der Waals surface area (Å²) < 4.78 is 21.5. The molecule has 4 rings (SSSR count). The Balaban J connectivity index is 1.99. The van der Waals surface area contributed by atoms with Gasteiger partial charge in [0, 0.05) is 42.5 Å². The Kier molecular flexibility index (Phi) is 5.32. The molecule has 9 nitrogen and oxygen atoms in total. The summed E-state index contributed by atoms with van der Waals surface area (Å²) in [6.45, 7) is 1.78. The average molecular weight is 434 g/mol. The van der Waals surface area contributed by atoms with Crippen LogP contribution in [0.1, 0.15) is 40.3 Å². The second kappa shape index (κ2) is 8.11. The van der Waals surface area contributed by atoms with E-state index in [-0.39, 0.29) is 35.3 Å². The van der Waals surface area contributed by atoms with Crippen LogP contribution in [0.5, 0.6) is 5.75 Å². The van der Waals surface area contributed by atoms with Crippen molar-refractivity contribution in [2.24, 2.45) is 7.05 Å². The number of rotatable bonds is 2. The van der Waals surface area contributed by atoms with Crippen molar-refractivity contribution in [2.75, 3.05) is 12.4 Å². The Morgan fingerprint density at radius 1 is 1.34 bits per heavy atom. The van der Waals surface area contributed by atoms with Gasteiger partial charge in [0.2, 0.25) is 6.41 Å². The van der Waals surface area contributed by atoms with Crippen LogP contribution in [-0.2, 0) is 18.4 Å². The molecular weight excluding hydrogens is 415 g/mol. The predicted molar refractivity (Wildman–Crippen MR) is 112 cm³/mol. The Morgan fingerprint density at radius 2 is 2.12 bits per heavy atom. The molecule has 0 saturated heterocycles. The number of ether oxygens (including phenoxy) is 1. The van der Waals surface area contributed by atoms with Crippen molar-refractivity contribution >= 4 is 18.1 Å². The van der Waals surface area contributed by atoms with E-state index < -0.39 is 11.9 Å². The number of nitrogens with zero attached hydrogens (tertiary/aromatic N) is 5. The van der Waals surface area contributed by atoms with Gasteiger partial charge in [-0.25, -0.2) is 9.37 Å². The predicted octanol–water partition coefficient (Wildman–Crippen LogP) is 2.79. The largest absolute Gasteiger partial charge is 0.482 e. The molecule has 1 aliphatic heterocycles. The number of nitrogens with one attached hydrogen (secondary N) is 1. The molecular formula is C22H19FN6O3. The van der Waals surface area contributed by atoms with Crippen molar-refractivity contribution in [1.82, 2.24) is 19.7 Å². The van der Waals surface area contributed by atoms with Crippen molar-refractivity contribution in [2.45, 2.75) is 19.6 Å². The molecule has 0 spiro atoms. The van der Waals surface area contributed by atoms with Gasteiger partial charge in [-0.2, -0.15) is 10.4 Å². The van der Waals surface area contributed by atoms with Gasteiger partial charge in [-0.3, -0.25) is 14.3 Å². The molecule has 0 radical (unpaired) electrons. The van der Waals surface area contributed by atoms with E-state index in [2.05, 4.69) is 21.5 Å². The number of anilines is 1. The van der Waals surface area contributed by atoms with E-state index in [0.29, 0.717) is 28.8 Å². The Labute approximate surface area is 183 Å². The van der Waals surface area contributed by atoms with Crippen LogP contribution in [0.25, 0.3) is 11.1 Å². The lowest BCUT2D eigenvalue weighted by Gasteiger charge is -2.24. The molecule has 3 aromatic rings. The highest BCUT2D eigenvalue weighted by atomic mass is 19.1. The highest BCUT2D eigenvalue weighted by Crippen LogP contribution is 2.36. The van der Waals surface area contributed by atoms with Crippen molar-refractivity contribution in [3.8, 4) is 22.9 Å². The molecule has 162 valence electrons. The first-order chi connectivity index (χ1) is 15.3. The van der Waals surface area contributed by atoms with E-state index in [1.54, 1.807) is 27.1 Å². The lowest BCUT2D eigenvalue weighted by Crippen LogP contribution is -2.28. The Bertz CT molecular complexity index is 1280. The molecule has 2 bridgehead atoms. The van der Waals surface area contributed by atoms with Gasteiger partial charge in [-0.15, -0.1) is 0 Å². The standard InChI is InChI=1S/C22H19FN6O3/c1-12-16-7-14(23)4-5-15(16)22(31)28(2)10-17-20(18(8-24)29(3)27-17)13-6-19(32-12)21(25-9-13)26-11-30/h4-7,9,11-12H,10H2,1-3H3,(H,25,26,30). The maximum Gasteiger partial charge on any atom is 0.254 e. The summed E-state index contributed by atoms with van der Waals surface area (Å²) >= 11 is 0. The van der Waals surface area contributed by atoms with E-state index in [9.17, 15) is 19.2 Å². The summed E-state index contributed by atoms with van der Waals surface area (Å²) in [7, 11) is 3.25. The second-order valence-corrected chi connectivity index (χ2v) is 7.39. The van der Waals surface area contributed by atoms with Gasteiger partial charge < -0.3 is 15.0 Å². The average Bonchev–Trinajstić information content (AvgIpc) is 3.08. The number of aryl methyl sites for hydroxylation is 1. The molecule has 1 unspecified atom stereocenters. The van der Waals surface area contributed by atoms with Crippen molar-refractivity contribution in [3.05, 3.63) is 58.8 Å². The van der Waals surface area contributed by atoms with Crippen molar-refractivity contribution in [1.29, 1.82) is 5.26 Å². The van der Waals surface area contributed by atoms with Gasteiger partial charge in [0.05, 0.1) is 12.2 Å². The zero-order valence-corrected chi connectivity index (χ0v) is 17.6. The highest BCUT2D eigenvalue weighted by molar-refractivity contribution is 5.96. The summed E-state index contributed by atoms with van der Waals surface area (Å²) in [6, 6.07) is 7.65. The van der Waals surface area contributed by atoms with Crippen LogP contribution < -0.4 is 10.1 Å². The van der Waals surface area contributed by atoms with E-state index in [1.807, 2.05) is 0 Å². The number of amides is 2. The minimum Gasteiger partial charge on any atom is -0.482 e. The fourth-order valence-corrected chi connectivity index (χ4v) is 3.78. The first-order valence-corrected chi connectivity index (χ1v) is 9.72. The second-order valence-electron chi connectivity index (χ2n) is 7.39. The third-order valence-electron chi connectivity index (χ3n) is 5.28. The normalized spacial score (nSPS) is 15.4. The molecule has 1 aliphatic rings. The maximum absolute atomic E-state index is 14.1. The molecule has 1 atom stereocenters. The SMILES string of the molecule is CC1Oc2cc(cnc2NC=O)-c2c(nn(C)c2C#N)CN(C)C(=O)c2ccc(F)cc21. The zero-order valence-electron chi connectivity index (χ0n) is 17.6. The molecule has 1 N–H and O–H groups in total. The number of benzene rings is 1. The third-order valence-corrected chi connectivity index (χ3v) is 5.28. The van der Waals surface area contributed by atoms with E-state index in [1.165, 1.54) is 34.0 Å². The van der Waals surface area contributed by atoms with Gasteiger partial charge >= 0.3 is 0 Å². The number of halogens is 1. The smallest absolute Gasteiger partial charge is 0.254 e. The topological polar surface area (TPSA) is 113 Å². The minimum absolute atomic E-state index is 0.111. The van der Waals surface area contributed by atoms with Gasteiger partial charge in [0.25, 0.3) is 5.91 Å². The molecule has 3 heterocycles. The Morgan fingerprint density at radius 3 is 2.84 bits per heavy atom. The lowest BCUT2D eigenvalue weighted by molar-refractivity contribution is -0.105. The number of pyridine rings is 1. The lowest BCUT2D eigenvalue weighted by atomic mass is 10.00. The minimum atomic E-state index is -0.745. The fraction of sp³-hybridized carbons (Fsp3) is 0.227. The van der Waals surface area contributed by atoms with E-state index in [4.69, 9.17) is 4.74 Å². The number of carbonyl (C=O) groups is 2. The number of carbonyl (C=O) groups excluding carboxylic acids is 2. The summed E-state index contributed by atoms with van der Waals surface area (Å²) in [5.41, 5.74) is 2.44. The van der Waals surface area contributed by atoms with Crippen LogP contribution in [0, 0.1) is 17.1 Å². The van der Waals surface area contributed by atoms with Crippen LogP contribution in [0.3, 0.4) is 0 Å². The quantitative estimate of drug-likeness (QED) is 0.621. The summed E-state index contributed by atoms with van der Waals surface area (Å²) in [5.74, 6) is -0.500. The van der Waals surface area contributed by atoms with Gasteiger partial charge in [-0.05, 0) is 31.2 Å². The fourth-order valence-electron chi connectivity index (χ4n) is 3.78.